The average molecular weight is 458 g/mol. The molecule has 1 unspecified atom stereocenters. The molecular formula is C26H33F2N3O2. The van der Waals surface area contributed by atoms with Crippen LogP contribution in [0, 0.1) is 18.6 Å². The highest BCUT2D eigenvalue weighted by Gasteiger charge is 2.24. The van der Waals surface area contributed by atoms with E-state index in [-0.39, 0.29) is 17.7 Å². The molecule has 0 fully saturated rings. The Balaban J connectivity index is 1.98. The highest BCUT2D eigenvalue weighted by atomic mass is 19.1. The summed E-state index contributed by atoms with van der Waals surface area (Å²) in [5, 5.41) is 15.2. The normalized spacial score (nSPS) is 12.5. The van der Waals surface area contributed by atoms with Crippen LogP contribution in [-0.4, -0.2) is 38.5 Å². The van der Waals surface area contributed by atoms with Gasteiger partial charge in [-0.05, 0) is 75.7 Å². The first-order chi connectivity index (χ1) is 15.8. The number of ether oxygens (including phenoxy) is 1. The van der Waals surface area contributed by atoms with Crippen molar-refractivity contribution in [2.75, 3.05) is 6.54 Å². The van der Waals surface area contributed by atoms with Crippen molar-refractivity contribution in [3.63, 3.8) is 0 Å². The van der Waals surface area contributed by atoms with Gasteiger partial charge in [0.2, 0.25) is 5.88 Å². The van der Waals surface area contributed by atoms with Crippen molar-refractivity contribution in [1.29, 1.82) is 0 Å². The van der Waals surface area contributed by atoms with Gasteiger partial charge in [-0.3, -0.25) is 4.90 Å². The molecule has 0 spiro atoms. The van der Waals surface area contributed by atoms with Crippen molar-refractivity contribution in [3.8, 4) is 17.3 Å². The zero-order valence-electron chi connectivity index (χ0n) is 19.8. The Kier molecular flexibility index (Phi) is 8.58. The summed E-state index contributed by atoms with van der Waals surface area (Å²) in [7, 11) is 0. The molecule has 0 saturated carbocycles. The molecule has 1 heterocycles. The Morgan fingerprint density at radius 1 is 1.03 bits per heavy atom. The van der Waals surface area contributed by atoms with Crippen LogP contribution in [-0.2, 0) is 6.54 Å². The zero-order valence-corrected chi connectivity index (χ0v) is 19.8. The molecule has 1 N–H and O–H groups in total. The Bertz CT molecular complexity index is 1020. The Hall–Kier alpha value is -2.77. The molecule has 0 saturated heterocycles. The molecule has 3 aromatic rings. The second-order valence-electron chi connectivity index (χ2n) is 8.63. The number of rotatable bonds is 11. The van der Waals surface area contributed by atoms with E-state index in [1.54, 1.807) is 28.9 Å². The van der Waals surface area contributed by atoms with E-state index in [9.17, 15) is 13.9 Å². The SMILES string of the molecule is CCCCC(O)CN(Cc1c(C)nn(-c2ccc(F)cc2)c1Oc1ccc(F)cc1)C(C)C. The number of aryl methyl sites for hydroxylation is 1. The van der Waals surface area contributed by atoms with Crippen molar-refractivity contribution in [2.24, 2.45) is 0 Å². The summed E-state index contributed by atoms with van der Waals surface area (Å²) in [6.07, 6.45) is 2.36. The lowest BCUT2D eigenvalue weighted by molar-refractivity contribution is 0.0827. The molecule has 0 aliphatic carbocycles. The first-order valence-electron chi connectivity index (χ1n) is 11.5. The molecule has 178 valence electrons. The van der Waals surface area contributed by atoms with Crippen LogP contribution in [0.4, 0.5) is 8.78 Å². The molecule has 7 heteroatoms. The van der Waals surface area contributed by atoms with Crippen molar-refractivity contribution in [3.05, 3.63) is 71.4 Å². The van der Waals surface area contributed by atoms with Crippen LogP contribution in [0.3, 0.4) is 0 Å². The summed E-state index contributed by atoms with van der Waals surface area (Å²) in [4.78, 5) is 2.19. The number of aromatic nitrogens is 2. The van der Waals surface area contributed by atoms with Crippen molar-refractivity contribution in [1.82, 2.24) is 14.7 Å². The third kappa shape index (κ3) is 6.62. The molecule has 33 heavy (non-hydrogen) atoms. The zero-order chi connectivity index (χ0) is 24.0. The lowest BCUT2D eigenvalue weighted by atomic mass is 10.1. The molecule has 0 amide bonds. The standard InChI is InChI=1S/C26H33F2N3O2/c1-5-6-7-23(32)16-30(18(2)3)17-25-19(4)29-31(22-12-8-20(27)9-13-22)26(25)33-24-14-10-21(28)11-15-24/h8-15,18,23,32H,5-7,16-17H2,1-4H3. The van der Waals surface area contributed by atoms with Gasteiger partial charge in [0.15, 0.2) is 0 Å². The van der Waals surface area contributed by atoms with Crippen molar-refractivity contribution in [2.45, 2.75) is 65.6 Å². The highest BCUT2D eigenvalue weighted by molar-refractivity contribution is 5.43. The Morgan fingerprint density at radius 3 is 2.21 bits per heavy atom. The van der Waals surface area contributed by atoms with Crippen molar-refractivity contribution < 1.29 is 18.6 Å². The highest BCUT2D eigenvalue weighted by Crippen LogP contribution is 2.32. The van der Waals surface area contributed by atoms with Crippen LogP contribution in [0.25, 0.3) is 5.69 Å². The molecule has 1 aromatic heterocycles. The van der Waals surface area contributed by atoms with Crippen LogP contribution in [0.5, 0.6) is 11.6 Å². The van der Waals surface area contributed by atoms with E-state index in [1.807, 2.05) is 6.92 Å². The quantitative estimate of drug-likeness (QED) is 0.383. The largest absolute Gasteiger partial charge is 0.439 e. The van der Waals surface area contributed by atoms with Gasteiger partial charge in [-0.15, -0.1) is 0 Å². The molecule has 0 aliphatic rings. The average Bonchev–Trinajstić information content (AvgIpc) is 3.08. The topological polar surface area (TPSA) is 50.5 Å². The van der Waals surface area contributed by atoms with E-state index >= 15 is 0 Å². The van der Waals surface area contributed by atoms with E-state index in [0.717, 1.165) is 30.5 Å². The fourth-order valence-electron chi connectivity index (χ4n) is 3.66. The van der Waals surface area contributed by atoms with Crippen LogP contribution in [0.2, 0.25) is 0 Å². The third-order valence-electron chi connectivity index (χ3n) is 5.66. The number of halogens is 2. The van der Waals surface area contributed by atoms with Gasteiger partial charge in [-0.1, -0.05) is 19.8 Å². The van der Waals surface area contributed by atoms with Crippen molar-refractivity contribution >= 4 is 0 Å². The molecule has 0 aliphatic heterocycles. The molecule has 3 rings (SSSR count). The minimum atomic E-state index is -0.415. The predicted molar refractivity (Wildman–Crippen MR) is 126 cm³/mol. The summed E-state index contributed by atoms with van der Waals surface area (Å²) >= 11 is 0. The summed E-state index contributed by atoms with van der Waals surface area (Å²) in [5.74, 6) is 0.271. The van der Waals surface area contributed by atoms with Gasteiger partial charge in [-0.25, -0.2) is 13.5 Å². The van der Waals surface area contributed by atoms with Gasteiger partial charge in [-0.2, -0.15) is 5.10 Å². The van der Waals surface area contributed by atoms with Crippen LogP contribution < -0.4 is 4.74 Å². The second-order valence-corrected chi connectivity index (χ2v) is 8.63. The number of hydrogen-bond donors (Lipinski definition) is 1. The minimum absolute atomic E-state index is 0.188. The number of aliphatic hydroxyl groups is 1. The van der Waals surface area contributed by atoms with Gasteiger partial charge < -0.3 is 9.84 Å². The van der Waals surface area contributed by atoms with Crippen LogP contribution in [0.15, 0.2) is 48.5 Å². The molecule has 0 radical (unpaired) electrons. The van der Waals surface area contributed by atoms with E-state index < -0.39 is 6.10 Å². The van der Waals surface area contributed by atoms with Gasteiger partial charge in [0.1, 0.15) is 17.4 Å². The summed E-state index contributed by atoms with van der Waals surface area (Å²) in [6, 6.07) is 12.0. The van der Waals surface area contributed by atoms with E-state index in [2.05, 4.69) is 30.8 Å². The second kappa shape index (κ2) is 11.4. The molecule has 5 nitrogen and oxygen atoms in total. The first kappa shape index (κ1) is 24.9. The van der Waals surface area contributed by atoms with Gasteiger partial charge in [0.25, 0.3) is 0 Å². The maximum atomic E-state index is 13.5. The third-order valence-corrected chi connectivity index (χ3v) is 5.66. The fraction of sp³-hybridized carbons (Fsp3) is 0.423. The van der Waals surface area contributed by atoms with E-state index in [1.165, 1.54) is 24.3 Å². The number of unbranched alkanes of at least 4 members (excludes halogenated alkanes) is 1. The number of benzene rings is 2. The molecule has 0 bridgehead atoms. The van der Waals surface area contributed by atoms with E-state index in [4.69, 9.17) is 4.74 Å². The number of nitrogens with zero attached hydrogens (tertiary/aromatic N) is 3. The fourth-order valence-corrected chi connectivity index (χ4v) is 3.66. The van der Waals surface area contributed by atoms with Crippen LogP contribution >= 0.6 is 0 Å². The Morgan fingerprint density at radius 2 is 1.64 bits per heavy atom. The Labute approximate surface area is 194 Å². The first-order valence-corrected chi connectivity index (χ1v) is 11.5. The monoisotopic (exact) mass is 457 g/mol. The van der Waals surface area contributed by atoms with Gasteiger partial charge in [0.05, 0.1) is 23.0 Å². The summed E-state index contributed by atoms with van der Waals surface area (Å²) < 4.78 is 34.8. The van der Waals surface area contributed by atoms with E-state index in [0.29, 0.717) is 30.4 Å². The molecule has 2 aromatic carbocycles. The van der Waals surface area contributed by atoms with Gasteiger partial charge >= 0.3 is 0 Å². The predicted octanol–water partition coefficient (Wildman–Crippen LogP) is 6.01. The minimum Gasteiger partial charge on any atom is -0.439 e. The lowest BCUT2D eigenvalue weighted by Gasteiger charge is -2.29. The molecule has 1 atom stereocenters. The summed E-state index contributed by atoms with van der Waals surface area (Å²) in [5.41, 5.74) is 2.28. The lowest BCUT2D eigenvalue weighted by Crippen LogP contribution is -2.37. The maximum absolute atomic E-state index is 13.5. The molecular weight excluding hydrogens is 424 g/mol. The van der Waals surface area contributed by atoms with Gasteiger partial charge in [0, 0.05) is 19.1 Å². The maximum Gasteiger partial charge on any atom is 0.227 e. The summed E-state index contributed by atoms with van der Waals surface area (Å²) in [6.45, 7) is 9.25. The van der Waals surface area contributed by atoms with Crippen LogP contribution in [0.1, 0.15) is 51.3 Å². The number of hydrogen-bond acceptors (Lipinski definition) is 4. The smallest absolute Gasteiger partial charge is 0.227 e. The number of aliphatic hydroxyl groups excluding tert-OH is 1.